The number of furan rings is 1. The number of hydrogen-bond donors (Lipinski definition) is 0. The molecule has 10 rings (SSSR count). The fourth-order valence-electron chi connectivity index (χ4n) is 8.37. The molecule has 0 radical (unpaired) electrons. The van der Waals surface area contributed by atoms with Gasteiger partial charge in [0, 0.05) is 33.1 Å². The maximum absolute atomic E-state index is 6.95. The molecule has 8 aromatic carbocycles. The Labute approximate surface area is 285 Å². The molecule has 2 nitrogen and oxygen atoms in total. The zero-order valence-electron chi connectivity index (χ0n) is 27.4. The highest BCUT2D eigenvalue weighted by Gasteiger charge is 2.36. The van der Waals surface area contributed by atoms with E-state index in [-0.39, 0.29) is 5.41 Å². The van der Waals surface area contributed by atoms with E-state index in [2.05, 4.69) is 183 Å². The maximum Gasteiger partial charge on any atom is 0.143 e. The smallest absolute Gasteiger partial charge is 0.143 e. The average molecular weight is 628 g/mol. The molecule has 0 bridgehead atoms. The van der Waals surface area contributed by atoms with Gasteiger partial charge in [-0.15, -0.1) is 0 Å². The van der Waals surface area contributed by atoms with Gasteiger partial charge in [0.1, 0.15) is 11.2 Å². The van der Waals surface area contributed by atoms with Crippen molar-refractivity contribution in [3.05, 3.63) is 175 Å². The van der Waals surface area contributed by atoms with E-state index in [1.165, 1.54) is 38.4 Å². The summed E-state index contributed by atoms with van der Waals surface area (Å²) in [7, 11) is 0. The van der Waals surface area contributed by atoms with Crippen LogP contribution in [0.1, 0.15) is 25.0 Å². The topological polar surface area (TPSA) is 16.4 Å². The van der Waals surface area contributed by atoms with Crippen LogP contribution in [-0.2, 0) is 5.41 Å². The molecule has 0 saturated heterocycles. The largest absolute Gasteiger partial charge is 0.455 e. The third-order valence-electron chi connectivity index (χ3n) is 10.6. The van der Waals surface area contributed by atoms with Crippen LogP contribution in [0.15, 0.2) is 168 Å². The summed E-state index contributed by atoms with van der Waals surface area (Å²) < 4.78 is 6.95. The Morgan fingerprint density at radius 1 is 0.449 bits per heavy atom. The molecule has 49 heavy (non-hydrogen) atoms. The van der Waals surface area contributed by atoms with Crippen molar-refractivity contribution in [3.63, 3.8) is 0 Å². The van der Waals surface area contributed by atoms with Crippen molar-refractivity contribution in [1.82, 2.24) is 0 Å². The zero-order valence-corrected chi connectivity index (χ0v) is 27.4. The van der Waals surface area contributed by atoms with Gasteiger partial charge in [0.25, 0.3) is 0 Å². The van der Waals surface area contributed by atoms with Crippen LogP contribution in [0, 0.1) is 0 Å². The Kier molecular flexibility index (Phi) is 5.95. The van der Waals surface area contributed by atoms with Gasteiger partial charge in [0.15, 0.2) is 0 Å². The van der Waals surface area contributed by atoms with Gasteiger partial charge in [-0.05, 0) is 80.4 Å². The maximum atomic E-state index is 6.95. The van der Waals surface area contributed by atoms with Gasteiger partial charge in [0.05, 0.1) is 11.1 Å². The Bertz CT molecular complexity index is 2740. The van der Waals surface area contributed by atoms with Crippen LogP contribution in [-0.4, -0.2) is 0 Å². The summed E-state index contributed by atoms with van der Waals surface area (Å²) in [6.07, 6.45) is 0. The standard InChI is InChI=1S/C47H33NO/c1-47(2)40-24-14-13-21-36(40)37-26-25-32(29-41(37)47)48(31-17-7-4-8-18-31)45-33(30-15-5-3-6-16-30)27-28-42-44(45)43-38-22-11-9-19-34(38)35-20-10-12-23-39(35)46(43)49-42/h3-29H,1-2H3. The third-order valence-corrected chi connectivity index (χ3v) is 10.6. The van der Waals surface area contributed by atoms with Crippen LogP contribution >= 0.6 is 0 Å². The molecule has 0 spiro atoms. The SMILES string of the molecule is CC1(C)c2ccccc2-c2ccc(N(c3ccccc3)c3c(-c4ccccc4)ccc4oc5c6ccccc6c6ccccc6c5c34)cc21. The van der Waals surface area contributed by atoms with Crippen LogP contribution in [0.3, 0.4) is 0 Å². The molecule has 1 heterocycles. The lowest BCUT2D eigenvalue weighted by Gasteiger charge is -2.30. The lowest BCUT2D eigenvalue weighted by atomic mass is 9.82. The van der Waals surface area contributed by atoms with Crippen molar-refractivity contribution in [1.29, 1.82) is 0 Å². The fraction of sp³-hybridized carbons (Fsp3) is 0.0638. The number of fused-ring (bicyclic) bond motifs is 11. The summed E-state index contributed by atoms with van der Waals surface area (Å²) in [4.78, 5) is 2.46. The molecule has 9 aromatic rings. The highest BCUT2D eigenvalue weighted by Crippen LogP contribution is 2.54. The van der Waals surface area contributed by atoms with Gasteiger partial charge in [-0.25, -0.2) is 0 Å². The van der Waals surface area contributed by atoms with Crippen LogP contribution in [0.2, 0.25) is 0 Å². The molecule has 1 aliphatic carbocycles. The molecule has 232 valence electrons. The predicted molar refractivity (Wildman–Crippen MR) is 206 cm³/mol. The molecule has 0 atom stereocenters. The van der Waals surface area contributed by atoms with Gasteiger partial charge in [-0.2, -0.15) is 0 Å². The second-order valence-electron chi connectivity index (χ2n) is 13.7. The second kappa shape index (κ2) is 10.4. The van der Waals surface area contributed by atoms with Crippen molar-refractivity contribution in [2.75, 3.05) is 4.90 Å². The van der Waals surface area contributed by atoms with E-state index in [4.69, 9.17) is 4.42 Å². The minimum Gasteiger partial charge on any atom is -0.455 e. The molecule has 0 saturated carbocycles. The molecule has 0 amide bonds. The van der Waals surface area contributed by atoms with E-state index >= 15 is 0 Å². The van der Waals surface area contributed by atoms with Crippen molar-refractivity contribution in [2.45, 2.75) is 19.3 Å². The average Bonchev–Trinajstić information content (AvgIpc) is 3.66. The van der Waals surface area contributed by atoms with Crippen molar-refractivity contribution < 1.29 is 4.42 Å². The molecule has 2 heteroatoms. The van der Waals surface area contributed by atoms with E-state index in [0.717, 1.165) is 55.5 Å². The number of para-hydroxylation sites is 1. The normalized spacial score (nSPS) is 13.3. The number of hydrogen-bond acceptors (Lipinski definition) is 2. The second-order valence-corrected chi connectivity index (χ2v) is 13.7. The molecule has 1 aliphatic rings. The highest BCUT2D eigenvalue weighted by atomic mass is 16.3. The Balaban J connectivity index is 1.37. The zero-order chi connectivity index (χ0) is 32.7. The van der Waals surface area contributed by atoms with Crippen LogP contribution in [0.25, 0.3) is 65.7 Å². The van der Waals surface area contributed by atoms with Crippen molar-refractivity contribution in [2.24, 2.45) is 0 Å². The summed E-state index contributed by atoms with van der Waals surface area (Å²) in [6, 6.07) is 59.3. The van der Waals surface area contributed by atoms with Gasteiger partial charge >= 0.3 is 0 Å². The van der Waals surface area contributed by atoms with Crippen LogP contribution in [0.5, 0.6) is 0 Å². The molecule has 0 unspecified atom stereocenters. The number of rotatable bonds is 4. The summed E-state index contributed by atoms with van der Waals surface area (Å²) >= 11 is 0. The van der Waals surface area contributed by atoms with Gasteiger partial charge < -0.3 is 9.32 Å². The Hall–Kier alpha value is -6.12. The van der Waals surface area contributed by atoms with Crippen molar-refractivity contribution >= 4 is 60.5 Å². The van der Waals surface area contributed by atoms with Gasteiger partial charge in [0.2, 0.25) is 0 Å². The summed E-state index contributed by atoms with van der Waals surface area (Å²) in [5.41, 5.74) is 12.7. The summed E-state index contributed by atoms with van der Waals surface area (Å²) in [5.74, 6) is 0. The van der Waals surface area contributed by atoms with E-state index in [9.17, 15) is 0 Å². The molecular weight excluding hydrogens is 595 g/mol. The first kappa shape index (κ1) is 27.9. The third kappa shape index (κ3) is 4.01. The lowest BCUT2D eigenvalue weighted by molar-refractivity contribution is 0.660. The quantitative estimate of drug-likeness (QED) is 0.181. The molecule has 0 N–H and O–H groups in total. The first-order valence-corrected chi connectivity index (χ1v) is 17.0. The van der Waals surface area contributed by atoms with Crippen LogP contribution in [0.4, 0.5) is 17.1 Å². The van der Waals surface area contributed by atoms with E-state index in [1.807, 2.05) is 0 Å². The van der Waals surface area contributed by atoms with Gasteiger partial charge in [-0.3, -0.25) is 0 Å². The van der Waals surface area contributed by atoms with E-state index < -0.39 is 0 Å². The molecule has 0 fully saturated rings. The summed E-state index contributed by atoms with van der Waals surface area (Å²) in [6.45, 7) is 4.70. The van der Waals surface area contributed by atoms with E-state index in [1.54, 1.807) is 0 Å². The minimum absolute atomic E-state index is 0.129. The first-order chi connectivity index (χ1) is 24.1. The van der Waals surface area contributed by atoms with Crippen LogP contribution < -0.4 is 4.90 Å². The molecule has 1 aromatic heterocycles. The lowest BCUT2D eigenvalue weighted by Crippen LogP contribution is -2.17. The molecular formula is C47H33NO. The Morgan fingerprint density at radius 3 is 1.82 bits per heavy atom. The highest BCUT2D eigenvalue weighted by molar-refractivity contribution is 6.33. The fourth-order valence-corrected chi connectivity index (χ4v) is 8.37. The first-order valence-electron chi connectivity index (χ1n) is 17.0. The Morgan fingerprint density at radius 2 is 1.04 bits per heavy atom. The number of benzene rings is 8. The monoisotopic (exact) mass is 627 g/mol. The number of nitrogens with zero attached hydrogens (tertiary/aromatic N) is 1. The minimum atomic E-state index is -0.129. The number of anilines is 3. The van der Waals surface area contributed by atoms with Gasteiger partial charge in [-0.1, -0.05) is 141 Å². The predicted octanol–water partition coefficient (Wildman–Crippen LogP) is 13.3. The van der Waals surface area contributed by atoms with Crippen molar-refractivity contribution in [3.8, 4) is 22.3 Å². The van der Waals surface area contributed by atoms with E-state index in [0.29, 0.717) is 0 Å². The summed E-state index contributed by atoms with van der Waals surface area (Å²) in [5, 5.41) is 7.02. The molecule has 0 aliphatic heterocycles.